The molecule has 150 valence electrons. The van der Waals surface area contributed by atoms with Crippen LogP contribution in [-0.2, 0) is 21.3 Å². The Morgan fingerprint density at radius 3 is 2.57 bits per heavy atom. The van der Waals surface area contributed by atoms with Gasteiger partial charge in [0.1, 0.15) is 5.75 Å². The smallest absolute Gasteiger partial charge is 0.253 e. The van der Waals surface area contributed by atoms with Crippen molar-refractivity contribution in [1.29, 1.82) is 0 Å². The van der Waals surface area contributed by atoms with Gasteiger partial charge in [0, 0.05) is 32.2 Å². The van der Waals surface area contributed by atoms with E-state index in [4.69, 9.17) is 9.47 Å². The zero-order valence-corrected chi connectivity index (χ0v) is 16.8. The molecule has 1 heterocycles. The summed E-state index contributed by atoms with van der Waals surface area (Å²) in [6.07, 6.45) is 0. The molecule has 1 fully saturated rings. The number of hydrogen-bond donors (Lipinski definition) is 0. The fraction of sp³-hybridized carbons (Fsp3) is 0.350. The lowest BCUT2D eigenvalue weighted by molar-refractivity contribution is 0.0730. The van der Waals surface area contributed by atoms with Gasteiger partial charge in [-0.3, -0.25) is 4.79 Å². The molecule has 1 saturated heterocycles. The molecule has 3 rings (SSSR count). The number of benzene rings is 2. The van der Waals surface area contributed by atoms with Crippen molar-refractivity contribution in [1.82, 2.24) is 9.21 Å². The van der Waals surface area contributed by atoms with Gasteiger partial charge in [-0.25, -0.2) is 8.42 Å². The van der Waals surface area contributed by atoms with Crippen LogP contribution >= 0.6 is 0 Å². The molecule has 0 aliphatic carbocycles. The molecule has 2 aromatic rings. The molecule has 0 N–H and O–H groups in total. The van der Waals surface area contributed by atoms with Crippen LogP contribution < -0.4 is 4.74 Å². The number of sulfonamides is 1. The van der Waals surface area contributed by atoms with E-state index in [1.807, 2.05) is 24.3 Å². The maximum absolute atomic E-state index is 12.8. The number of rotatable bonds is 6. The van der Waals surface area contributed by atoms with Gasteiger partial charge in [0.2, 0.25) is 10.0 Å². The highest BCUT2D eigenvalue weighted by Gasteiger charge is 2.27. The standard InChI is InChI=1S/C20H24N2O5S/c1-21(15-16-5-3-7-18(13-16)26-2)20(23)17-6-4-8-19(14-17)28(24,25)22-9-11-27-12-10-22/h3-8,13-14H,9-12,15H2,1-2H3. The average Bonchev–Trinajstić information content (AvgIpc) is 2.74. The van der Waals surface area contributed by atoms with Crippen LogP contribution in [0.15, 0.2) is 53.4 Å². The van der Waals surface area contributed by atoms with Gasteiger partial charge in [-0.1, -0.05) is 18.2 Å². The molecule has 0 bridgehead atoms. The summed E-state index contributed by atoms with van der Waals surface area (Å²) >= 11 is 0. The normalized spacial score (nSPS) is 15.2. The molecular formula is C20H24N2O5S. The predicted octanol–water partition coefficient (Wildman–Crippen LogP) is 1.99. The molecule has 2 aromatic carbocycles. The van der Waals surface area contributed by atoms with Crippen LogP contribution in [0.5, 0.6) is 5.75 Å². The average molecular weight is 404 g/mol. The van der Waals surface area contributed by atoms with Gasteiger partial charge in [-0.05, 0) is 35.9 Å². The summed E-state index contributed by atoms with van der Waals surface area (Å²) in [4.78, 5) is 14.5. The number of hydrogen-bond acceptors (Lipinski definition) is 5. The lowest BCUT2D eigenvalue weighted by atomic mass is 10.1. The summed E-state index contributed by atoms with van der Waals surface area (Å²) < 4.78 is 37.5. The van der Waals surface area contributed by atoms with Crippen LogP contribution in [0.4, 0.5) is 0 Å². The predicted molar refractivity (Wildman–Crippen MR) is 105 cm³/mol. The van der Waals surface area contributed by atoms with Crippen molar-refractivity contribution in [3.05, 3.63) is 59.7 Å². The molecule has 7 nitrogen and oxygen atoms in total. The SMILES string of the molecule is COc1cccc(CN(C)C(=O)c2cccc(S(=O)(=O)N3CCOCC3)c2)c1. The van der Waals surface area contributed by atoms with Crippen LogP contribution in [-0.4, -0.2) is 64.0 Å². The molecule has 0 radical (unpaired) electrons. The Bertz CT molecular complexity index is 939. The topological polar surface area (TPSA) is 76.2 Å². The Labute approximate surface area is 165 Å². The van der Waals surface area contributed by atoms with Gasteiger partial charge in [-0.15, -0.1) is 0 Å². The third kappa shape index (κ3) is 4.52. The van der Waals surface area contributed by atoms with E-state index in [1.54, 1.807) is 31.2 Å². The van der Waals surface area contributed by atoms with Gasteiger partial charge >= 0.3 is 0 Å². The zero-order valence-electron chi connectivity index (χ0n) is 16.0. The summed E-state index contributed by atoms with van der Waals surface area (Å²) in [5, 5.41) is 0. The minimum atomic E-state index is -3.65. The van der Waals surface area contributed by atoms with Crippen LogP contribution in [0.1, 0.15) is 15.9 Å². The fourth-order valence-electron chi connectivity index (χ4n) is 3.06. The van der Waals surface area contributed by atoms with Crippen molar-refractivity contribution in [2.75, 3.05) is 40.5 Å². The monoisotopic (exact) mass is 404 g/mol. The highest BCUT2D eigenvalue weighted by molar-refractivity contribution is 7.89. The second kappa shape index (κ2) is 8.72. The van der Waals surface area contributed by atoms with Gasteiger partial charge in [0.15, 0.2) is 0 Å². The minimum Gasteiger partial charge on any atom is -0.497 e. The maximum Gasteiger partial charge on any atom is 0.253 e. The van der Waals surface area contributed by atoms with Crippen molar-refractivity contribution < 1.29 is 22.7 Å². The molecule has 0 aromatic heterocycles. The van der Waals surface area contributed by atoms with Crippen molar-refractivity contribution >= 4 is 15.9 Å². The van der Waals surface area contributed by atoms with Gasteiger partial charge < -0.3 is 14.4 Å². The van der Waals surface area contributed by atoms with Gasteiger partial charge in [-0.2, -0.15) is 4.31 Å². The Balaban J connectivity index is 1.77. The first-order valence-corrected chi connectivity index (χ1v) is 10.4. The van der Waals surface area contributed by atoms with E-state index in [0.717, 1.165) is 11.3 Å². The van der Waals surface area contributed by atoms with Crippen molar-refractivity contribution in [2.45, 2.75) is 11.4 Å². The maximum atomic E-state index is 12.8. The Morgan fingerprint density at radius 1 is 1.14 bits per heavy atom. The zero-order chi connectivity index (χ0) is 20.1. The second-order valence-corrected chi connectivity index (χ2v) is 8.49. The number of ether oxygens (including phenoxy) is 2. The van der Waals surface area contributed by atoms with Crippen LogP contribution in [0.25, 0.3) is 0 Å². The first-order valence-electron chi connectivity index (χ1n) is 8.98. The fourth-order valence-corrected chi connectivity index (χ4v) is 4.52. The molecule has 0 saturated carbocycles. The molecule has 1 aliphatic rings. The first kappa shape index (κ1) is 20.3. The highest BCUT2D eigenvalue weighted by atomic mass is 32.2. The molecule has 0 unspecified atom stereocenters. The van der Waals surface area contributed by atoms with Crippen LogP contribution in [0.2, 0.25) is 0 Å². The molecule has 8 heteroatoms. The number of carbonyl (C=O) groups is 1. The van der Waals surface area contributed by atoms with E-state index in [9.17, 15) is 13.2 Å². The summed E-state index contributed by atoms with van der Waals surface area (Å²) in [7, 11) is -0.368. The summed E-state index contributed by atoms with van der Waals surface area (Å²) in [5.41, 5.74) is 1.26. The van der Waals surface area contributed by atoms with Gasteiger partial charge in [0.25, 0.3) is 5.91 Å². The van der Waals surface area contributed by atoms with E-state index in [1.165, 1.54) is 16.4 Å². The highest BCUT2D eigenvalue weighted by Crippen LogP contribution is 2.20. The van der Waals surface area contributed by atoms with Crippen molar-refractivity contribution in [2.24, 2.45) is 0 Å². The van der Waals surface area contributed by atoms with E-state index < -0.39 is 10.0 Å². The van der Waals surface area contributed by atoms with Crippen molar-refractivity contribution in [3.8, 4) is 5.75 Å². The third-order valence-corrected chi connectivity index (χ3v) is 6.48. The molecule has 1 aliphatic heterocycles. The Morgan fingerprint density at radius 2 is 1.86 bits per heavy atom. The molecule has 1 amide bonds. The Kier molecular flexibility index (Phi) is 6.33. The quantitative estimate of drug-likeness (QED) is 0.736. The summed E-state index contributed by atoms with van der Waals surface area (Å²) in [5.74, 6) is 0.471. The van der Waals surface area contributed by atoms with E-state index in [0.29, 0.717) is 38.4 Å². The number of carbonyl (C=O) groups excluding carboxylic acids is 1. The van der Waals surface area contributed by atoms with E-state index >= 15 is 0 Å². The number of amides is 1. The molecule has 0 spiro atoms. The number of nitrogens with zero attached hydrogens (tertiary/aromatic N) is 2. The minimum absolute atomic E-state index is 0.120. The van der Waals surface area contributed by atoms with Crippen molar-refractivity contribution in [3.63, 3.8) is 0 Å². The summed E-state index contributed by atoms with van der Waals surface area (Å²) in [6.45, 7) is 1.77. The number of methoxy groups -OCH3 is 1. The second-order valence-electron chi connectivity index (χ2n) is 6.56. The lowest BCUT2D eigenvalue weighted by Crippen LogP contribution is -2.40. The van der Waals surface area contributed by atoms with Crippen LogP contribution in [0.3, 0.4) is 0 Å². The molecule has 0 atom stereocenters. The van der Waals surface area contributed by atoms with Gasteiger partial charge in [0.05, 0.1) is 25.2 Å². The summed E-state index contributed by atoms with van der Waals surface area (Å²) in [6, 6.07) is 13.7. The largest absolute Gasteiger partial charge is 0.497 e. The Hall–Kier alpha value is -2.42. The molecular weight excluding hydrogens is 380 g/mol. The number of morpholine rings is 1. The molecule has 28 heavy (non-hydrogen) atoms. The first-order chi connectivity index (χ1) is 13.4. The third-order valence-electron chi connectivity index (χ3n) is 4.59. The lowest BCUT2D eigenvalue weighted by Gasteiger charge is -2.26. The van der Waals surface area contributed by atoms with Crippen LogP contribution in [0, 0.1) is 0 Å². The van der Waals surface area contributed by atoms with E-state index in [-0.39, 0.29) is 10.8 Å². The van der Waals surface area contributed by atoms with E-state index in [2.05, 4.69) is 0 Å².